The summed E-state index contributed by atoms with van der Waals surface area (Å²) in [7, 11) is 1.75. The Morgan fingerprint density at radius 2 is 1.73 bits per heavy atom. The molecule has 0 fully saturated rings. The number of unbranched alkanes of at least 4 members (excludes halogenated alkanes) is 1. The Hall–Kier alpha value is -0.120. The molecule has 0 amide bonds. The standard InChI is InChI=1S/C12H27NO2/c1-10(2)15-9-7-6-8-13-11(3)12(4)14-5/h10-13H,6-9H2,1-5H3. The van der Waals surface area contributed by atoms with Gasteiger partial charge in [0.25, 0.3) is 0 Å². The molecular formula is C12H27NO2. The second-order valence-corrected chi connectivity index (χ2v) is 4.31. The van der Waals surface area contributed by atoms with Crippen molar-refractivity contribution in [2.45, 2.75) is 58.8 Å². The Labute approximate surface area is 94.5 Å². The molecule has 0 spiro atoms. The third kappa shape index (κ3) is 8.85. The zero-order valence-corrected chi connectivity index (χ0v) is 10.9. The lowest BCUT2D eigenvalue weighted by molar-refractivity contribution is 0.0739. The maximum absolute atomic E-state index is 5.47. The molecule has 0 aromatic heterocycles. The van der Waals surface area contributed by atoms with Gasteiger partial charge < -0.3 is 14.8 Å². The van der Waals surface area contributed by atoms with Gasteiger partial charge in [-0.05, 0) is 47.1 Å². The van der Waals surface area contributed by atoms with E-state index in [2.05, 4.69) is 33.0 Å². The van der Waals surface area contributed by atoms with E-state index < -0.39 is 0 Å². The molecule has 0 aliphatic rings. The van der Waals surface area contributed by atoms with Crippen molar-refractivity contribution in [3.8, 4) is 0 Å². The van der Waals surface area contributed by atoms with Crippen LogP contribution in [0.1, 0.15) is 40.5 Å². The molecule has 15 heavy (non-hydrogen) atoms. The van der Waals surface area contributed by atoms with Gasteiger partial charge in [0, 0.05) is 19.8 Å². The van der Waals surface area contributed by atoms with Gasteiger partial charge in [-0.1, -0.05) is 0 Å². The zero-order valence-electron chi connectivity index (χ0n) is 10.9. The third-order valence-electron chi connectivity index (χ3n) is 2.56. The normalized spacial score (nSPS) is 15.6. The molecule has 3 heteroatoms. The summed E-state index contributed by atoms with van der Waals surface area (Å²) in [6.07, 6.45) is 2.91. The van der Waals surface area contributed by atoms with Gasteiger partial charge in [-0.25, -0.2) is 0 Å². The molecule has 2 atom stereocenters. The molecule has 1 N–H and O–H groups in total. The molecule has 0 saturated heterocycles. The summed E-state index contributed by atoms with van der Waals surface area (Å²) >= 11 is 0. The molecule has 0 rings (SSSR count). The average molecular weight is 217 g/mol. The monoisotopic (exact) mass is 217 g/mol. The summed E-state index contributed by atoms with van der Waals surface area (Å²) in [4.78, 5) is 0. The van der Waals surface area contributed by atoms with Gasteiger partial charge in [-0.3, -0.25) is 0 Å². The first-order valence-corrected chi connectivity index (χ1v) is 5.95. The molecular weight excluding hydrogens is 190 g/mol. The summed E-state index contributed by atoms with van der Waals surface area (Å²) in [5.41, 5.74) is 0. The number of nitrogens with one attached hydrogen (secondary N) is 1. The minimum Gasteiger partial charge on any atom is -0.380 e. The van der Waals surface area contributed by atoms with Crippen molar-refractivity contribution in [3.05, 3.63) is 0 Å². The predicted octanol–water partition coefficient (Wildman–Crippen LogP) is 2.20. The van der Waals surface area contributed by atoms with Crippen LogP contribution in [0.5, 0.6) is 0 Å². The highest BCUT2D eigenvalue weighted by Gasteiger charge is 2.08. The Morgan fingerprint density at radius 1 is 1.07 bits per heavy atom. The summed E-state index contributed by atoms with van der Waals surface area (Å²) in [5.74, 6) is 0. The van der Waals surface area contributed by atoms with E-state index in [4.69, 9.17) is 9.47 Å². The molecule has 0 aliphatic heterocycles. The molecule has 0 aromatic carbocycles. The second-order valence-electron chi connectivity index (χ2n) is 4.31. The SMILES string of the molecule is COC(C)C(C)NCCCCOC(C)C. The van der Waals surface area contributed by atoms with Crippen LogP contribution in [0.3, 0.4) is 0 Å². The van der Waals surface area contributed by atoms with Crippen LogP contribution >= 0.6 is 0 Å². The summed E-state index contributed by atoms with van der Waals surface area (Å²) < 4.78 is 10.7. The van der Waals surface area contributed by atoms with Crippen molar-refractivity contribution in [1.29, 1.82) is 0 Å². The fraction of sp³-hybridized carbons (Fsp3) is 1.00. The van der Waals surface area contributed by atoms with Gasteiger partial charge in [0.15, 0.2) is 0 Å². The smallest absolute Gasteiger partial charge is 0.0693 e. The second kappa shape index (κ2) is 9.13. The van der Waals surface area contributed by atoms with Crippen LogP contribution in [0.25, 0.3) is 0 Å². The van der Waals surface area contributed by atoms with Crippen LogP contribution in [0.15, 0.2) is 0 Å². The van der Waals surface area contributed by atoms with E-state index in [1.165, 1.54) is 0 Å². The van der Waals surface area contributed by atoms with Gasteiger partial charge >= 0.3 is 0 Å². The summed E-state index contributed by atoms with van der Waals surface area (Å²) in [6, 6.07) is 0.418. The highest BCUT2D eigenvalue weighted by atomic mass is 16.5. The Balaban J connectivity index is 3.23. The van der Waals surface area contributed by atoms with Crippen molar-refractivity contribution in [2.24, 2.45) is 0 Å². The van der Waals surface area contributed by atoms with E-state index in [1.807, 2.05) is 0 Å². The molecule has 0 heterocycles. The van der Waals surface area contributed by atoms with Crippen molar-refractivity contribution >= 4 is 0 Å². The number of hydrogen-bond donors (Lipinski definition) is 1. The van der Waals surface area contributed by atoms with Crippen molar-refractivity contribution < 1.29 is 9.47 Å². The van der Waals surface area contributed by atoms with Crippen LogP contribution in [-0.2, 0) is 9.47 Å². The Bertz CT molecular complexity index is 140. The molecule has 0 radical (unpaired) electrons. The average Bonchev–Trinajstić information content (AvgIpc) is 2.21. The van der Waals surface area contributed by atoms with E-state index in [-0.39, 0.29) is 6.10 Å². The summed E-state index contributed by atoms with van der Waals surface area (Å²) in [5, 5.41) is 3.44. The number of rotatable bonds is 9. The van der Waals surface area contributed by atoms with E-state index >= 15 is 0 Å². The van der Waals surface area contributed by atoms with E-state index in [0.29, 0.717) is 12.1 Å². The first-order valence-electron chi connectivity index (χ1n) is 5.95. The Kier molecular flexibility index (Phi) is 9.06. The van der Waals surface area contributed by atoms with Crippen molar-refractivity contribution in [2.75, 3.05) is 20.3 Å². The van der Waals surface area contributed by atoms with Gasteiger partial charge in [0.05, 0.1) is 12.2 Å². The van der Waals surface area contributed by atoms with E-state index in [9.17, 15) is 0 Å². The van der Waals surface area contributed by atoms with Crippen LogP contribution < -0.4 is 5.32 Å². The lowest BCUT2D eigenvalue weighted by Gasteiger charge is -2.19. The first kappa shape index (κ1) is 14.9. The largest absolute Gasteiger partial charge is 0.380 e. The molecule has 0 aliphatic carbocycles. The molecule has 2 unspecified atom stereocenters. The molecule has 0 bridgehead atoms. The Morgan fingerprint density at radius 3 is 2.27 bits per heavy atom. The quantitative estimate of drug-likeness (QED) is 0.601. The fourth-order valence-corrected chi connectivity index (χ4v) is 1.25. The van der Waals surface area contributed by atoms with Crippen LogP contribution in [-0.4, -0.2) is 38.5 Å². The van der Waals surface area contributed by atoms with Gasteiger partial charge in [0.2, 0.25) is 0 Å². The molecule has 92 valence electrons. The van der Waals surface area contributed by atoms with Crippen LogP contribution in [0.2, 0.25) is 0 Å². The van der Waals surface area contributed by atoms with Crippen molar-refractivity contribution in [1.82, 2.24) is 5.32 Å². The minimum absolute atomic E-state index is 0.275. The molecule has 0 saturated carbocycles. The topological polar surface area (TPSA) is 30.5 Å². The summed E-state index contributed by atoms with van der Waals surface area (Å²) in [6.45, 7) is 10.3. The van der Waals surface area contributed by atoms with E-state index in [0.717, 1.165) is 26.0 Å². The van der Waals surface area contributed by atoms with Gasteiger partial charge in [-0.15, -0.1) is 0 Å². The lowest BCUT2D eigenvalue weighted by atomic mass is 10.2. The molecule has 0 aromatic rings. The van der Waals surface area contributed by atoms with Crippen molar-refractivity contribution in [3.63, 3.8) is 0 Å². The first-order chi connectivity index (χ1) is 7.07. The maximum atomic E-state index is 5.47. The van der Waals surface area contributed by atoms with E-state index in [1.54, 1.807) is 7.11 Å². The maximum Gasteiger partial charge on any atom is 0.0693 e. The van der Waals surface area contributed by atoms with Crippen LogP contribution in [0.4, 0.5) is 0 Å². The predicted molar refractivity (Wildman–Crippen MR) is 64.3 cm³/mol. The van der Waals surface area contributed by atoms with Gasteiger partial charge in [0.1, 0.15) is 0 Å². The number of methoxy groups -OCH3 is 1. The minimum atomic E-state index is 0.275. The van der Waals surface area contributed by atoms with Crippen LogP contribution in [0, 0.1) is 0 Å². The third-order valence-corrected chi connectivity index (χ3v) is 2.56. The number of hydrogen-bond acceptors (Lipinski definition) is 3. The number of ether oxygens (including phenoxy) is 2. The zero-order chi connectivity index (χ0) is 11.7. The van der Waals surface area contributed by atoms with Gasteiger partial charge in [-0.2, -0.15) is 0 Å². The highest BCUT2D eigenvalue weighted by Crippen LogP contribution is 1.97. The molecule has 3 nitrogen and oxygen atoms in total. The highest BCUT2D eigenvalue weighted by molar-refractivity contribution is 4.67. The fourth-order valence-electron chi connectivity index (χ4n) is 1.25. The lowest BCUT2D eigenvalue weighted by Crippen LogP contribution is -2.37.